The molecule has 34 heavy (non-hydrogen) atoms. The summed E-state index contributed by atoms with van der Waals surface area (Å²) in [7, 11) is 0. The minimum Gasteiger partial charge on any atom is -0.508 e. The van der Waals surface area contributed by atoms with Crippen LogP contribution in [-0.2, 0) is 30.4 Å². The van der Waals surface area contributed by atoms with Crippen molar-refractivity contribution in [3.05, 3.63) is 29.8 Å². The fraction of sp³-hybridized carbons (Fsp3) is 0.450. The number of phenols is 1. The van der Waals surface area contributed by atoms with Crippen molar-refractivity contribution in [2.24, 2.45) is 5.73 Å². The Morgan fingerprint density at radius 2 is 1.32 bits per heavy atom. The van der Waals surface area contributed by atoms with Crippen LogP contribution in [0.25, 0.3) is 0 Å². The number of thiol groups is 2. The van der Waals surface area contributed by atoms with Gasteiger partial charge in [-0.2, -0.15) is 25.3 Å². The predicted octanol–water partition coefficient (Wildman–Crippen LogP) is -1.47. The molecule has 0 bridgehead atoms. The van der Waals surface area contributed by atoms with Crippen LogP contribution in [0.3, 0.4) is 0 Å². The molecule has 3 amide bonds. The van der Waals surface area contributed by atoms with E-state index in [0.29, 0.717) is 5.56 Å². The first kappa shape index (κ1) is 29.1. The van der Waals surface area contributed by atoms with Gasteiger partial charge in [-0.1, -0.05) is 12.1 Å². The number of nitrogens with one attached hydrogen (secondary N) is 3. The normalized spacial score (nSPS) is 14.2. The van der Waals surface area contributed by atoms with E-state index in [4.69, 9.17) is 15.9 Å². The number of carboxylic acids is 2. The first-order valence-electron chi connectivity index (χ1n) is 10.1. The van der Waals surface area contributed by atoms with Crippen molar-refractivity contribution in [1.29, 1.82) is 0 Å². The molecule has 0 aromatic heterocycles. The molecule has 0 heterocycles. The Hall–Kier alpha value is -2.97. The zero-order valence-corrected chi connectivity index (χ0v) is 19.8. The second-order valence-corrected chi connectivity index (χ2v) is 8.03. The van der Waals surface area contributed by atoms with Gasteiger partial charge in [0.25, 0.3) is 0 Å². The van der Waals surface area contributed by atoms with Crippen molar-refractivity contribution in [3.63, 3.8) is 0 Å². The van der Waals surface area contributed by atoms with Gasteiger partial charge in [0.05, 0.1) is 6.04 Å². The third-order valence-corrected chi connectivity index (χ3v) is 5.35. The van der Waals surface area contributed by atoms with Gasteiger partial charge in [-0.05, 0) is 30.5 Å². The van der Waals surface area contributed by atoms with Gasteiger partial charge in [-0.25, -0.2) is 4.79 Å². The molecule has 8 N–H and O–H groups in total. The molecule has 0 spiro atoms. The van der Waals surface area contributed by atoms with Crippen LogP contribution in [0, 0.1) is 0 Å². The van der Waals surface area contributed by atoms with Crippen LogP contribution in [0.15, 0.2) is 24.3 Å². The average Bonchev–Trinajstić information content (AvgIpc) is 2.78. The Morgan fingerprint density at radius 1 is 0.824 bits per heavy atom. The highest BCUT2D eigenvalue weighted by Crippen LogP contribution is 2.11. The molecular weight excluding hydrogens is 488 g/mol. The van der Waals surface area contributed by atoms with Crippen LogP contribution in [0.2, 0.25) is 0 Å². The van der Waals surface area contributed by atoms with E-state index in [0.717, 1.165) is 0 Å². The molecule has 0 saturated carbocycles. The lowest BCUT2D eigenvalue weighted by Gasteiger charge is -2.24. The van der Waals surface area contributed by atoms with E-state index >= 15 is 0 Å². The van der Waals surface area contributed by atoms with E-state index in [2.05, 4.69) is 41.2 Å². The molecule has 1 aromatic rings. The number of carbonyl (C=O) groups excluding carboxylic acids is 3. The zero-order valence-electron chi connectivity index (χ0n) is 18.0. The summed E-state index contributed by atoms with van der Waals surface area (Å²) in [4.78, 5) is 59.7. The summed E-state index contributed by atoms with van der Waals surface area (Å²) in [5.41, 5.74) is 6.57. The van der Waals surface area contributed by atoms with Gasteiger partial charge in [-0.15, -0.1) is 0 Å². The molecule has 0 radical (unpaired) electrons. The standard InChI is InChI=1S/C20H28N4O8S2/c21-12(7-10-1-3-11(25)4-2-10)17(28)23-14(8-33)19(30)22-13(5-6-16(26)27)18(29)24-15(9-34)20(31)32/h1-4,12-15,25,33-34H,5-9,21H2,(H,22,30)(H,23,28)(H,24,29)(H,26,27)(H,31,32). The van der Waals surface area contributed by atoms with Crippen LogP contribution in [-0.4, -0.2) is 80.7 Å². The first-order chi connectivity index (χ1) is 16.0. The lowest BCUT2D eigenvalue weighted by molar-refractivity contribution is -0.142. The third-order valence-electron chi connectivity index (χ3n) is 4.62. The topological polar surface area (TPSA) is 208 Å². The summed E-state index contributed by atoms with van der Waals surface area (Å²) < 4.78 is 0. The maximum absolute atomic E-state index is 12.7. The Morgan fingerprint density at radius 3 is 1.82 bits per heavy atom. The van der Waals surface area contributed by atoms with Crippen molar-refractivity contribution >= 4 is 54.9 Å². The minimum atomic E-state index is -1.38. The molecule has 12 nitrogen and oxygen atoms in total. The van der Waals surface area contributed by atoms with Crippen molar-refractivity contribution in [2.45, 2.75) is 43.4 Å². The third kappa shape index (κ3) is 9.89. The number of aliphatic carboxylic acids is 2. The second-order valence-electron chi connectivity index (χ2n) is 7.30. The fourth-order valence-corrected chi connectivity index (χ4v) is 3.22. The highest BCUT2D eigenvalue weighted by atomic mass is 32.1. The fourth-order valence-electron chi connectivity index (χ4n) is 2.72. The number of amides is 3. The van der Waals surface area contributed by atoms with Gasteiger partial charge < -0.3 is 37.0 Å². The SMILES string of the molecule is NC(Cc1ccc(O)cc1)C(=O)NC(CS)C(=O)NC(CCC(=O)O)C(=O)NC(CS)C(=O)O. The predicted molar refractivity (Wildman–Crippen MR) is 128 cm³/mol. The second kappa shape index (κ2) is 14.3. The molecule has 4 unspecified atom stereocenters. The Labute approximate surface area is 206 Å². The van der Waals surface area contributed by atoms with Crippen LogP contribution < -0.4 is 21.7 Å². The smallest absolute Gasteiger partial charge is 0.327 e. The highest BCUT2D eigenvalue weighted by molar-refractivity contribution is 7.80. The number of rotatable bonds is 14. The molecule has 14 heteroatoms. The minimum absolute atomic E-state index is 0.0547. The lowest BCUT2D eigenvalue weighted by Crippen LogP contribution is -2.58. The van der Waals surface area contributed by atoms with Crippen LogP contribution in [0.5, 0.6) is 5.75 Å². The quantitative estimate of drug-likeness (QED) is 0.132. The van der Waals surface area contributed by atoms with Gasteiger partial charge in [0, 0.05) is 17.9 Å². The number of nitrogens with two attached hydrogens (primary N) is 1. The lowest BCUT2D eigenvalue weighted by atomic mass is 10.1. The van der Waals surface area contributed by atoms with Crippen molar-refractivity contribution < 1.29 is 39.3 Å². The number of hydrogen-bond acceptors (Lipinski definition) is 9. The molecular formula is C20H28N4O8S2. The van der Waals surface area contributed by atoms with Crippen molar-refractivity contribution in [2.75, 3.05) is 11.5 Å². The zero-order chi connectivity index (χ0) is 25.8. The summed E-state index contributed by atoms with van der Waals surface area (Å²) in [6, 6.07) is 1.09. The molecule has 0 saturated heterocycles. The number of benzene rings is 1. The van der Waals surface area contributed by atoms with E-state index in [-0.39, 0.29) is 30.1 Å². The number of carboxylic acid groups (broad SMARTS) is 2. The summed E-state index contributed by atoms with van der Waals surface area (Å²) in [6.45, 7) is 0. The largest absolute Gasteiger partial charge is 0.508 e. The molecule has 4 atom stereocenters. The Balaban J connectivity index is 2.82. The summed E-state index contributed by atoms with van der Waals surface area (Å²) in [6.07, 6.45) is -0.678. The number of carbonyl (C=O) groups is 5. The molecule has 0 aliphatic rings. The summed E-state index contributed by atoms with van der Waals surface area (Å²) >= 11 is 7.88. The molecule has 0 aliphatic heterocycles. The molecule has 188 valence electrons. The highest BCUT2D eigenvalue weighted by Gasteiger charge is 2.29. The summed E-state index contributed by atoms with van der Waals surface area (Å²) in [5.74, 6) is -5.33. The van der Waals surface area contributed by atoms with Crippen LogP contribution in [0.1, 0.15) is 18.4 Å². The van der Waals surface area contributed by atoms with E-state index in [9.17, 15) is 29.1 Å². The van der Waals surface area contributed by atoms with Gasteiger partial charge in [-0.3, -0.25) is 19.2 Å². The number of phenolic OH excluding ortho intramolecular Hbond substituents is 1. The van der Waals surface area contributed by atoms with Crippen molar-refractivity contribution in [3.8, 4) is 5.75 Å². The average molecular weight is 517 g/mol. The van der Waals surface area contributed by atoms with E-state index in [1.54, 1.807) is 12.1 Å². The monoisotopic (exact) mass is 516 g/mol. The molecule has 1 aromatic carbocycles. The van der Waals surface area contributed by atoms with Gasteiger partial charge in [0.15, 0.2) is 0 Å². The number of hydrogen-bond donors (Lipinski definition) is 9. The van der Waals surface area contributed by atoms with Gasteiger partial charge >= 0.3 is 11.9 Å². The maximum atomic E-state index is 12.7. The van der Waals surface area contributed by atoms with Crippen molar-refractivity contribution in [1.82, 2.24) is 16.0 Å². The van der Waals surface area contributed by atoms with E-state index in [1.807, 2.05) is 0 Å². The van der Waals surface area contributed by atoms with Crippen LogP contribution in [0.4, 0.5) is 0 Å². The van der Waals surface area contributed by atoms with Crippen LogP contribution >= 0.6 is 25.3 Å². The Bertz CT molecular complexity index is 884. The van der Waals surface area contributed by atoms with E-state index < -0.39 is 60.2 Å². The molecule has 0 aliphatic carbocycles. The van der Waals surface area contributed by atoms with E-state index in [1.165, 1.54) is 12.1 Å². The Kier molecular flexibility index (Phi) is 12.2. The maximum Gasteiger partial charge on any atom is 0.327 e. The van der Waals surface area contributed by atoms with Gasteiger partial charge in [0.2, 0.25) is 17.7 Å². The molecule has 0 fully saturated rings. The summed E-state index contributed by atoms with van der Waals surface area (Å²) in [5, 5.41) is 34.2. The molecule has 1 rings (SSSR count). The first-order valence-corrected chi connectivity index (χ1v) is 11.4. The van der Waals surface area contributed by atoms with Gasteiger partial charge in [0.1, 0.15) is 23.9 Å². The number of aromatic hydroxyl groups is 1.